The Labute approximate surface area is 419 Å². The molecule has 10 rings (SSSR count). The Balaban J connectivity index is 0.000000212. The van der Waals surface area contributed by atoms with Gasteiger partial charge in [0, 0.05) is 40.9 Å². The van der Waals surface area contributed by atoms with Crippen molar-refractivity contribution >= 4 is 50.8 Å². The number of fused-ring (bicyclic) bond motifs is 4. The molecule has 1 aliphatic carbocycles. The first-order chi connectivity index (χ1) is 34.5. The summed E-state index contributed by atoms with van der Waals surface area (Å²) in [7, 11) is 0. The summed E-state index contributed by atoms with van der Waals surface area (Å²) in [5.41, 5.74) is 11.8. The molecule has 0 atom stereocenters. The van der Waals surface area contributed by atoms with Crippen molar-refractivity contribution in [2.45, 2.75) is 109 Å². The Hall–Kier alpha value is -5.14. The summed E-state index contributed by atoms with van der Waals surface area (Å²) in [5, 5.41) is 1.83. The maximum Gasteiger partial charge on any atom is 0.216 e. The predicted molar refractivity (Wildman–Crippen MR) is 275 cm³/mol. The summed E-state index contributed by atoms with van der Waals surface area (Å²) in [6.07, 6.45) is 5.74. The summed E-state index contributed by atoms with van der Waals surface area (Å²) >= 11 is -2.35. The molecule has 66 heavy (non-hydrogen) atoms. The first-order valence-corrected chi connectivity index (χ1v) is 30.4. The Morgan fingerprint density at radius 2 is 1.50 bits per heavy atom. The van der Waals surface area contributed by atoms with E-state index in [-0.39, 0.29) is 31.6 Å². The number of nitrogens with zero attached hydrogens (tertiary/aromatic N) is 4. The summed E-state index contributed by atoms with van der Waals surface area (Å²) < 4.78 is 73.6. The Morgan fingerprint density at radius 1 is 0.773 bits per heavy atom. The van der Waals surface area contributed by atoms with E-state index in [1.807, 2.05) is 48.7 Å². The number of aromatic nitrogens is 4. The standard InChI is InChI=1S/C37H32N3O.C22H30GeN.Ir/c1-22(2)26-10-8-11-27(23(3)4)34(26)40-33-15-7-6-14-32(33)38-36(40)30-13-9-12-28-29-20-21-31(39-37(29)41-35(28)30)25-18-16-24(5)17-19-25;1-17-10-12-19(13-11-17)22-15-20(14-18-8-6-5-7-9-18)21(16-24-22)23(2,3)4;/h6-12,14-23H,1-5H3;10-12,15-16,18H,5-9,14H2,1-4H3;/q2*-1;/i5D3;1D3,14D2;. The quantitative estimate of drug-likeness (QED) is 0.107. The van der Waals surface area contributed by atoms with Gasteiger partial charge in [-0.2, -0.15) is 0 Å². The van der Waals surface area contributed by atoms with E-state index < -0.39 is 33.3 Å². The van der Waals surface area contributed by atoms with E-state index in [0.717, 1.165) is 80.1 Å². The molecule has 5 aromatic carbocycles. The van der Waals surface area contributed by atoms with Crippen LogP contribution in [0, 0.1) is 31.8 Å². The minimum atomic E-state index is -2.35. The van der Waals surface area contributed by atoms with Crippen molar-refractivity contribution in [3.8, 4) is 39.6 Å². The van der Waals surface area contributed by atoms with Gasteiger partial charge in [0.2, 0.25) is 5.71 Å². The van der Waals surface area contributed by atoms with Gasteiger partial charge in [-0.1, -0.05) is 98.8 Å². The average molecular weight is 1120 g/mol. The SMILES string of the molecule is [2H]C([2H])([2H])c1c[c-]c(-c2cc(C([2H])([2H])C3CCCCC3)[c]([Ge]([CH3])([CH3])[CH3])cn2)cc1.[2H]C([2H])([2H])c1ccc(-c2ccc3c(n2)oc2c(-c4nc5ccccc5n4-c4c(C(C)C)cccc4C(C)C)[c-]ccc23)cc1.[Ir]. The van der Waals surface area contributed by atoms with Crippen LogP contribution in [-0.2, 0) is 26.5 Å². The Bertz CT molecular complexity index is 3410. The zero-order chi connectivity index (χ0) is 52.2. The second kappa shape index (κ2) is 20.0. The molecule has 0 aliphatic heterocycles. The normalized spacial score (nSPS) is 15.8. The zero-order valence-electron chi connectivity index (χ0n) is 46.8. The van der Waals surface area contributed by atoms with Crippen LogP contribution >= 0.6 is 0 Å². The molecule has 0 bridgehead atoms. The van der Waals surface area contributed by atoms with Crippen molar-refractivity contribution in [3.63, 3.8) is 0 Å². The molecule has 4 heterocycles. The Kier molecular flexibility index (Phi) is 11.5. The smallest absolute Gasteiger partial charge is 0.216 e. The molecule has 7 heteroatoms. The van der Waals surface area contributed by atoms with Crippen LogP contribution < -0.4 is 4.40 Å². The van der Waals surface area contributed by atoms with E-state index >= 15 is 0 Å². The van der Waals surface area contributed by atoms with Crippen molar-refractivity contribution < 1.29 is 35.5 Å². The summed E-state index contributed by atoms with van der Waals surface area (Å²) in [5.74, 6) is 8.24. The third kappa shape index (κ3) is 9.79. The number of hydrogen-bond acceptors (Lipinski definition) is 4. The van der Waals surface area contributed by atoms with Crippen molar-refractivity contribution in [2.24, 2.45) is 5.92 Å². The van der Waals surface area contributed by atoms with Gasteiger partial charge >= 0.3 is 157 Å². The second-order valence-electron chi connectivity index (χ2n) is 19.0. The third-order valence-corrected chi connectivity index (χ3v) is 16.8. The third-order valence-electron chi connectivity index (χ3n) is 12.6. The van der Waals surface area contributed by atoms with Gasteiger partial charge in [0.25, 0.3) is 0 Å². The van der Waals surface area contributed by atoms with Crippen molar-refractivity contribution in [2.75, 3.05) is 0 Å². The van der Waals surface area contributed by atoms with E-state index in [9.17, 15) is 0 Å². The topological polar surface area (TPSA) is 56.7 Å². The fraction of sp³-hybridized carbons (Fsp3) is 0.305. The number of benzene rings is 5. The van der Waals surface area contributed by atoms with Crippen LogP contribution in [-0.4, -0.2) is 32.8 Å². The summed E-state index contributed by atoms with van der Waals surface area (Å²) in [4.78, 5) is 14.7. The molecule has 339 valence electrons. The predicted octanol–water partition coefficient (Wildman–Crippen LogP) is 15.5. The molecule has 1 saturated carbocycles. The molecule has 1 radical (unpaired) electrons. The zero-order valence-corrected chi connectivity index (χ0v) is 43.3. The van der Waals surface area contributed by atoms with Crippen LogP contribution in [0.15, 0.2) is 126 Å². The molecule has 5 nitrogen and oxygen atoms in total. The van der Waals surface area contributed by atoms with Gasteiger partial charge in [-0.05, 0) is 54.1 Å². The van der Waals surface area contributed by atoms with E-state index in [2.05, 4.69) is 97.0 Å². The van der Waals surface area contributed by atoms with Crippen molar-refractivity contribution in [1.29, 1.82) is 0 Å². The molecular formula is C59H62GeIrN4O-2. The monoisotopic (exact) mass is 1120 g/mol. The fourth-order valence-corrected chi connectivity index (χ4v) is 12.1. The minimum Gasteiger partial charge on any atom is -0.486 e. The largest absolute Gasteiger partial charge is 0.486 e. The van der Waals surface area contributed by atoms with Crippen molar-refractivity contribution in [1.82, 2.24) is 19.5 Å². The van der Waals surface area contributed by atoms with E-state index in [1.165, 1.54) is 23.6 Å². The first-order valence-electron chi connectivity index (χ1n) is 27.0. The average Bonchev–Trinajstić information content (AvgIpc) is 3.94. The van der Waals surface area contributed by atoms with Crippen LogP contribution in [0.1, 0.15) is 110 Å². The van der Waals surface area contributed by atoms with E-state index in [0.29, 0.717) is 45.6 Å². The van der Waals surface area contributed by atoms with Gasteiger partial charge in [-0.3, -0.25) is 4.98 Å². The maximum absolute atomic E-state index is 9.04. The Morgan fingerprint density at radius 3 is 2.18 bits per heavy atom. The molecule has 1 fully saturated rings. The fourth-order valence-electron chi connectivity index (χ4n) is 9.15. The van der Waals surface area contributed by atoms with Crippen LogP contribution in [0.5, 0.6) is 0 Å². The van der Waals surface area contributed by atoms with Crippen LogP contribution in [0.25, 0.3) is 72.7 Å². The number of hydrogen-bond donors (Lipinski definition) is 0. The van der Waals surface area contributed by atoms with Gasteiger partial charge < -0.3 is 8.98 Å². The van der Waals surface area contributed by atoms with Crippen LogP contribution in [0.2, 0.25) is 17.3 Å². The molecule has 0 amide bonds. The molecule has 0 unspecified atom stereocenters. The minimum absolute atomic E-state index is 0. The molecule has 9 aromatic rings. The van der Waals surface area contributed by atoms with Gasteiger partial charge in [0.05, 0.1) is 28.1 Å². The second-order valence-corrected chi connectivity index (χ2v) is 29.6. The number of rotatable bonds is 9. The van der Waals surface area contributed by atoms with Gasteiger partial charge in [-0.15, -0.1) is 18.2 Å². The molecule has 0 saturated heterocycles. The molecule has 0 spiro atoms. The number of pyridine rings is 2. The van der Waals surface area contributed by atoms with Gasteiger partial charge in [0.15, 0.2) is 0 Å². The number of furan rings is 1. The van der Waals surface area contributed by atoms with Gasteiger partial charge in [-0.25, -0.2) is 4.98 Å². The molecule has 1 aliphatic rings. The van der Waals surface area contributed by atoms with E-state index in [4.69, 9.17) is 25.4 Å². The summed E-state index contributed by atoms with van der Waals surface area (Å²) in [6, 6.07) is 42.8. The molecule has 4 aromatic heterocycles. The van der Waals surface area contributed by atoms with Gasteiger partial charge in [0.1, 0.15) is 0 Å². The molecular weight excluding hydrogens is 1050 g/mol. The first kappa shape index (κ1) is 37.9. The van der Waals surface area contributed by atoms with Crippen LogP contribution in [0.4, 0.5) is 0 Å². The van der Waals surface area contributed by atoms with Crippen LogP contribution in [0.3, 0.4) is 0 Å². The molecule has 0 N–H and O–H groups in total. The maximum atomic E-state index is 9.04. The van der Waals surface area contributed by atoms with E-state index in [1.54, 1.807) is 36.4 Å². The number of imidazole rings is 1. The number of para-hydroxylation sites is 3. The number of aryl methyl sites for hydroxylation is 2. The summed E-state index contributed by atoms with van der Waals surface area (Å²) in [6.45, 7) is 4.61. The van der Waals surface area contributed by atoms with Crippen molar-refractivity contribution in [3.05, 3.63) is 161 Å².